The van der Waals surface area contributed by atoms with Gasteiger partial charge in [0.25, 0.3) is 0 Å². The van der Waals surface area contributed by atoms with Crippen LogP contribution in [0.25, 0.3) is 0 Å². The molecule has 0 atom stereocenters. The molecule has 0 saturated carbocycles. The fourth-order valence-corrected chi connectivity index (χ4v) is 3.46. The molecule has 1 fully saturated rings. The van der Waals surface area contributed by atoms with E-state index < -0.39 is 0 Å². The van der Waals surface area contributed by atoms with Crippen molar-refractivity contribution in [1.29, 1.82) is 0 Å². The number of guanidine groups is 1. The SMILES string of the molecule is CCOCCOCc1cccc(CNC(=NC)N2CCN(Cc3ccon3)CC2)c1. The molecule has 0 amide bonds. The number of rotatable bonds is 10. The monoisotopic (exact) mass is 415 g/mol. The zero-order chi connectivity index (χ0) is 21.0. The first kappa shape index (κ1) is 22.3. The highest BCUT2D eigenvalue weighted by molar-refractivity contribution is 5.80. The van der Waals surface area contributed by atoms with Crippen LogP contribution in [0.5, 0.6) is 0 Å². The maximum Gasteiger partial charge on any atom is 0.194 e. The Bertz CT molecular complexity index is 758. The van der Waals surface area contributed by atoms with Crippen LogP contribution in [0.2, 0.25) is 0 Å². The first-order valence-corrected chi connectivity index (χ1v) is 10.6. The fourth-order valence-electron chi connectivity index (χ4n) is 3.46. The summed E-state index contributed by atoms with van der Waals surface area (Å²) in [5.41, 5.74) is 3.36. The van der Waals surface area contributed by atoms with E-state index in [4.69, 9.17) is 14.0 Å². The summed E-state index contributed by atoms with van der Waals surface area (Å²) < 4.78 is 15.9. The Morgan fingerprint density at radius 2 is 1.93 bits per heavy atom. The minimum atomic E-state index is 0.600. The number of nitrogens with zero attached hydrogens (tertiary/aromatic N) is 4. The first-order valence-electron chi connectivity index (χ1n) is 10.6. The van der Waals surface area contributed by atoms with Crippen molar-refractivity contribution in [2.75, 3.05) is 53.0 Å². The van der Waals surface area contributed by atoms with E-state index in [1.165, 1.54) is 11.1 Å². The van der Waals surface area contributed by atoms with Crippen molar-refractivity contribution >= 4 is 5.96 Å². The summed E-state index contributed by atoms with van der Waals surface area (Å²) in [6.45, 7) is 9.95. The smallest absolute Gasteiger partial charge is 0.194 e. The summed E-state index contributed by atoms with van der Waals surface area (Å²) in [6.07, 6.45) is 1.62. The Balaban J connectivity index is 1.41. The fraction of sp³-hybridized carbons (Fsp3) is 0.545. The van der Waals surface area contributed by atoms with E-state index in [1.54, 1.807) is 6.26 Å². The summed E-state index contributed by atoms with van der Waals surface area (Å²) in [7, 11) is 1.84. The van der Waals surface area contributed by atoms with E-state index in [9.17, 15) is 0 Å². The van der Waals surface area contributed by atoms with Gasteiger partial charge in [0, 0.05) is 59.0 Å². The number of ether oxygens (including phenoxy) is 2. The van der Waals surface area contributed by atoms with E-state index in [0.717, 1.165) is 57.5 Å². The molecule has 8 heteroatoms. The summed E-state index contributed by atoms with van der Waals surface area (Å²) in [6, 6.07) is 10.4. The van der Waals surface area contributed by atoms with E-state index in [2.05, 4.69) is 49.5 Å². The lowest BCUT2D eigenvalue weighted by atomic mass is 10.1. The number of nitrogens with one attached hydrogen (secondary N) is 1. The molecule has 1 aliphatic rings. The number of hydrogen-bond donors (Lipinski definition) is 1. The van der Waals surface area contributed by atoms with Crippen molar-refractivity contribution in [3.8, 4) is 0 Å². The number of benzene rings is 1. The van der Waals surface area contributed by atoms with Crippen LogP contribution in [-0.4, -0.2) is 74.0 Å². The lowest BCUT2D eigenvalue weighted by molar-refractivity contribution is 0.0453. The van der Waals surface area contributed by atoms with Gasteiger partial charge >= 0.3 is 0 Å². The molecule has 3 rings (SSSR count). The molecule has 0 aliphatic carbocycles. The molecule has 2 heterocycles. The second-order valence-electron chi connectivity index (χ2n) is 7.22. The predicted molar refractivity (Wildman–Crippen MR) is 116 cm³/mol. The molecule has 2 aromatic rings. The molecular formula is C22H33N5O3. The largest absolute Gasteiger partial charge is 0.379 e. The van der Waals surface area contributed by atoms with Gasteiger partial charge in [-0.1, -0.05) is 29.4 Å². The molecule has 0 unspecified atom stereocenters. The van der Waals surface area contributed by atoms with Crippen LogP contribution in [0.1, 0.15) is 23.7 Å². The molecule has 1 saturated heterocycles. The van der Waals surface area contributed by atoms with Gasteiger partial charge in [-0.2, -0.15) is 0 Å². The minimum absolute atomic E-state index is 0.600. The minimum Gasteiger partial charge on any atom is -0.379 e. The zero-order valence-electron chi connectivity index (χ0n) is 18.0. The van der Waals surface area contributed by atoms with Gasteiger partial charge in [0.15, 0.2) is 5.96 Å². The lowest BCUT2D eigenvalue weighted by Crippen LogP contribution is -2.52. The quantitative estimate of drug-likeness (QED) is 0.362. The summed E-state index contributed by atoms with van der Waals surface area (Å²) >= 11 is 0. The van der Waals surface area contributed by atoms with Crippen LogP contribution < -0.4 is 5.32 Å². The van der Waals surface area contributed by atoms with Gasteiger partial charge in [0.1, 0.15) is 6.26 Å². The number of hydrogen-bond acceptors (Lipinski definition) is 6. The third-order valence-corrected chi connectivity index (χ3v) is 5.05. The van der Waals surface area contributed by atoms with E-state index >= 15 is 0 Å². The molecule has 1 aromatic carbocycles. The number of aromatic nitrogens is 1. The highest BCUT2D eigenvalue weighted by Gasteiger charge is 2.20. The van der Waals surface area contributed by atoms with Gasteiger partial charge in [0.05, 0.1) is 25.5 Å². The Kier molecular flexibility index (Phi) is 9.14. The normalized spacial score (nSPS) is 15.5. The van der Waals surface area contributed by atoms with Gasteiger partial charge in [0.2, 0.25) is 0 Å². The van der Waals surface area contributed by atoms with Crippen LogP contribution >= 0.6 is 0 Å². The third-order valence-electron chi connectivity index (χ3n) is 5.05. The Morgan fingerprint density at radius 1 is 1.13 bits per heavy atom. The molecule has 8 nitrogen and oxygen atoms in total. The average Bonchev–Trinajstić information content (AvgIpc) is 3.28. The lowest BCUT2D eigenvalue weighted by Gasteiger charge is -2.36. The molecule has 1 N–H and O–H groups in total. The van der Waals surface area contributed by atoms with Gasteiger partial charge < -0.3 is 24.2 Å². The molecule has 1 aromatic heterocycles. The molecule has 0 radical (unpaired) electrons. The second-order valence-corrected chi connectivity index (χ2v) is 7.22. The standard InChI is InChI=1S/C22H33N5O3/c1-3-28-13-14-29-18-20-6-4-5-19(15-20)16-24-22(23-2)27-10-8-26(9-11-27)17-21-7-12-30-25-21/h4-7,12,15H,3,8-11,13-14,16-18H2,1-2H3,(H,23,24). The predicted octanol–water partition coefficient (Wildman–Crippen LogP) is 2.12. The van der Waals surface area contributed by atoms with E-state index in [-0.39, 0.29) is 0 Å². The average molecular weight is 416 g/mol. The number of piperazine rings is 1. The third kappa shape index (κ3) is 7.12. The maximum atomic E-state index is 5.67. The van der Waals surface area contributed by atoms with Gasteiger partial charge in [-0.05, 0) is 18.1 Å². The molecule has 0 bridgehead atoms. The van der Waals surface area contributed by atoms with Crippen LogP contribution in [0.3, 0.4) is 0 Å². The zero-order valence-corrected chi connectivity index (χ0v) is 18.0. The molecule has 164 valence electrons. The van der Waals surface area contributed by atoms with Crippen LogP contribution in [0.15, 0.2) is 46.1 Å². The molecule has 1 aliphatic heterocycles. The van der Waals surface area contributed by atoms with Gasteiger partial charge in [-0.3, -0.25) is 9.89 Å². The Labute approximate surface area is 178 Å². The first-order chi connectivity index (χ1) is 14.8. The van der Waals surface area contributed by atoms with E-state index in [0.29, 0.717) is 19.8 Å². The summed E-state index contributed by atoms with van der Waals surface area (Å²) in [5, 5.41) is 7.50. The van der Waals surface area contributed by atoms with Gasteiger partial charge in [-0.25, -0.2) is 0 Å². The highest BCUT2D eigenvalue weighted by Crippen LogP contribution is 2.09. The number of aliphatic imine (C=N–C) groups is 1. The topological polar surface area (TPSA) is 75.4 Å². The summed E-state index contributed by atoms with van der Waals surface area (Å²) in [4.78, 5) is 9.17. The van der Waals surface area contributed by atoms with Crippen LogP contribution in [-0.2, 0) is 29.2 Å². The van der Waals surface area contributed by atoms with Crippen molar-refractivity contribution in [2.45, 2.75) is 26.6 Å². The van der Waals surface area contributed by atoms with Crippen LogP contribution in [0, 0.1) is 0 Å². The van der Waals surface area contributed by atoms with Crippen LogP contribution in [0.4, 0.5) is 0 Å². The Morgan fingerprint density at radius 3 is 2.67 bits per heavy atom. The molecular weight excluding hydrogens is 382 g/mol. The van der Waals surface area contributed by atoms with Crippen molar-refractivity contribution in [1.82, 2.24) is 20.3 Å². The molecule has 30 heavy (non-hydrogen) atoms. The maximum absolute atomic E-state index is 5.67. The van der Waals surface area contributed by atoms with Gasteiger partial charge in [-0.15, -0.1) is 0 Å². The Hall–Kier alpha value is -2.42. The van der Waals surface area contributed by atoms with E-state index in [1.807, 2.05) is 20.0 Å². The molecule has 0 spiro atoms. The van der Waals surface area contributed by atoms with Crippen molar-refractivity contribution in [2.24, 2.45) is 4.99 Å². The van der Waals surface area contributed by atoms with Crippen molar-refractivity contribution in [3.63, 3.8) is 0 Å². The summed E-state index contributed by atoms with van der Waals surface area (Å²) in [5.74, 6) is 0.939. The van der Waals surface area contributed by atoms with Crippen molar-refractivity contribution < 1.29 is 14.0 Å². The second kappa shape index (κ2) is 12.3. The van der Waals surface area contributed by atoms with Crippen molar-refractivity contribution in [3.05, 3.63) is 53.4 Å². The highest BCUT2D eigenvalue weighted by atomic mass is 16.5.